The first-order valence-corrected chi connectivity index (χ1v) is 14.0. The van der Waals surface area contributed by atoms with Crippen LogP contribution in [0.4, 0.5) is 0 Å². The molecule has 0 aliphatic carbocycles. The molecule has 0 radical (unpaired) electrons. The average Bonchev–Trinajstić information content (AvgIpc) is 2.63. The van der Waals surface area contributed by atoms with Gasteiger partial charge in [-0.15, -0.1) is 31.9 Å². The predicted molar refractivity (Wildman–Crippen MR) is 148 cm³/mol. The lowest BCUT2D eigenvalue weighted by Crippen LogP contribution is -1.97. The minimum atomic E-state index is 0. The lowest BCUT2D eigenvalue weighted by molar-refractivity contribution is 0.617. The van der Waals surface area contributed by atoms with Gasteiger partial charge >= 0.3 is 0 Å². The smallest absolute Gasteiger partial charge is 0.0326 e. The molecule has 0 aromatic heterocycles. The molecule has 1 atom stereocenters. The summed E-state index contributed by atoms with van der Waals surface area (Å²) < 4.78 is 0. The summed E-state index contributed by atoms with van der Waals surface area (Å²) >= 11 is 0. The summed E-state index contributed by atoms with van der Waals surface area (Å²) in [4.78, 5) is 0. The molecule has 0 aromatic carbocycles. The second-order valence-electron chi connectivity index (χ2n) is 8.14. The number of hydrogen-bond acceptors (Lipinski definition) is 0. The van der Waals surface area contributed by atoms with E-state index in [0.29, 0.717) is 7.92 Å². The summed E-state index contributed by atoms with van der Waals surface area (Å²) in [5, 5.41) is 0. The van der Waals surface area contributed by atoms with Crippen molar-refractivity contribution in [2.75, 3.05) is 18.5 Å². The van der Waals surface area contributed by atoms with Crippen molar-refractivity contribution >= 4 is 41.8 Å². The first-order valence-electron chi connectivity index (χ1n) is 12.1. The maximum atomic E-state index is 2.32. The summed E-state index contributed by atoms with van der Waals surface area (Å²) in [6.45, 7) is 6.96. The largest absolute Gasteiger partial charge is 0.153 e. The van der Waals surface area contributed by atoms with Crippen LogP contribution in [0.25, 0.3) is 0 Å². The number of rotatable bonds is 21. The Morgan fingerprint density at radius 2 is 0.593 bits per heavy atom. The normalized spacial score (nSPS) is 10.7. The van der Waals surface area contributed by atoms with Gasteiger partial charge in [-0.05, 0) is 37.7 Å². The van der Waals surface area contributed by atoms with E-state index in [9.17, 15) is 0 Å². The summed E-state index contributed by atoms with van der Waals surface area (Å²) in [7, 11) is 0.366. The lowest BCUT2D eigenvalue weighted by Gasteiger charge is -2.18. The summed E-state index contributed by atoms with van der Waals surface area (Å²) in [5.74, 6) is 0. The maximum absolute atomic E-state index is 2.32. The van der Waals surface area contributed by atoms with Gasteiger partial charge in [0.25, 0.3) is 0 Å². The van der Waals surface area contributed by atoms with E-state index in [1.165, 1.54) is 116 Å². The van der Waals surface area contributed by atoms with Gasteiger partial charge < -0.3 is 0 Å². The second-order valence-corrected chi connectivity index (χ2v) is 10.8. The van der Waals surface area contributed by atoms with E-state index in [-0.39, 0.29) is 33.9 Å². The van der Waals surface area contributed by atoms with Crippen LogP contribution in [0.5, 0.6) is 0 Å². The third-order valence-corrected chi connectivity index (χ3v) is 8.33. The molecular weight excluding hydrogens is 477 g/mol. The highest BCUT2D eigenvalue weighted by molar-refractivity contribution is 14.0. The van der Waals surface area contributed by atoms with Gasteiger partial charge in [0.05, 0.1) is 0 Å². The molecule has 0 aromatic rings. The predicted octanol–water partition coefficient (Wildman–Crippen LogP) is 10.2. The topological polar surface area (TPSA) is 0 Å². The first-order chi connectivity index (χ1) is 12.3. The van der Waals surface area contributed by atoms with Crippen LogP contribution in [0.3, 0.4) is 0 Å². The van der Waals surface area contributed by atoms with E-state index >= 15 is 0 Å². The molecular formula is C24H55IP2. The molecule has 1 unspecified atom stereocenters. The molecule has 0 saturated heterocycles. The minimum absolute atomic E-state index is 0. The summed E-state index contributed by atoms with van der Waals surface area (Å²) in [6.07, 6.45) is 31.2. The summed E-state index contributed by atoms with van der Waals surface area (Å²) in [5.41, 5.74) is 0. The van der Waals surface area contributed by atoms with E-state index in [1.807, 2.05) is 0 Å². The van der Waals surface area contributed by atoms with E-state index in [4.69, 9.17) is 0 Å². The Labute approximate surface area is 196 Å². The van der Waals surface area contributed by atoms with Gasteiger partial charge in [0.1, 0.15) is 0 Å². The Balaban J connectivity index is -0.00000288. The molecule has 0 nitrogen and oxygen atoms in total. The van der Waals surface area contributed by atoms with Crippen molar-refractivity contribution in [1.29, 1.82) is 0 Å². The molecule has 0 amide bonds. The molecule has 0 aliphatic rings. The zero-order valence-electron chi connectivity index (χ0n) is 19.4. The quantitative estimate of drug-likeness (QED) is 0.0784. The molecule has 27 heavy (non-hydrogen) atoms. The zero-order chi connectivity index (χ0) is 18.4. The van der Waals surface area contributed by atoms with Crippen LogP contribution in [0.2, 0.25) is 0 Å². The fourth-order valence-corrected chi connectivity index (χ4v) is 6.37. The Morgan fingerprint density at radius 3 is 0.852 bits per heavy atom. The van der Waals surface area contributed by atoms with Crippen molar-refractivity contribution in [3.8, 4) is 0 Å². The molecule has 168 valence electrons. The number of unbranched alkanes of at least 4 members (excludes halogenated alkanes) is 15. The molecule has 3 heteroatoms. The molecule has 0 spiro atoms. The molecule has 0 N–H and O–H groups in total. The lowest BCUT2D eigenvalue weighted by atomic mass is 10.1. The Morgan fingerprint density at radius 1 is 0.370 bits per heavy atom. The monoisotopic (exact) mass is 532 g/mol. The molecule has 0 fully saturated rings. The Bertz CT molecular complexity index is 198. The number of halogens is 1. The Hall–Kier alpha value is 1.59. The minimum Gasteiger partial charge on any atom is -0.153 e. The fourth-order valence-electron chi connectivity index (χ4n) is 3.68. The summed E-state index contributed by atoms with van der Waals surface area (Å²) in [6, 6.07) is 0. The zero-order valence-corrected chi connectivity index (χ0v) is 24.1. The highest BCUT2D eigenvalue weighted by atomic mass is 127. The molecule has 0 bridgehead atoms. The van der Waals surface area contributed by atoms with Crippen LogP contribution < -0.4 is 0 Å². The van der Waals surface area contributed by atoms with Crippen LogP contribution in [0, 0.1) is 0 Å². The third kappa shape index (κ3) is 27.6. The van der Waals surface area contributed by atoms with Gasteiger partial charge in [-0.25, -0.2) is 0 Å². The van der Waals surface area contributed by atoms with E-state index in [2.05, 4.69) is 20.8 Å². The fraction of sp³-hybridized carbons (Fsp3) is 1.00. The van der Waals surface area contributed by atoms with Crippen molar-refractivity contribution in [3.05, 3.63) is 0 Å². The van der Waals surface area contributed by atoms with Crippen molar-refractivity contribution in [1.82, 2.24) is 0 Å². The van der Waals surface area contributed by atoms with E-state index in [1.54, 1.807) is 18.5 Å². The van der Waals surface area contributed by atoms with Gasteiger partial charge in [-0.1, -0.05) is 117 Å². The first kappa shape index (κ1) is 33.2. The highest BCUT2D eigenvalue weighted by Crippen LogP contribution is 2.39. The van der Waals surface area contributed by atoms with Crippen molar-refractivity contribution < 1.29 is 0 Å². The second kappa shape index (κ2) is 29.8. The van der Waals surface area contributed by atoms with Gasteiger partial charge in [0.2, 0.25) is 0 Å². The Kier molecular flexibility index (Phi) is 36.7. The molecule has 0 rings (SSSR count). The van der Waals surface area contributed by atoms with Crippen LogP contribution in [0.15, 0.2) is 0 Å². The standard InChI is InChI=1S/C24H51P.HI.H3P/c1-4-7-10-13-16-19-22-25(23-20-17-14-11-8-5-2)24-21-18-15-12-9-6-3;;/h4-24H2,1-3H3;1H;1H3. The van der Waals surface area contributed by atoms with E-state index < -0.39 is 0 Å². The highest BCUT2D eigenvalue weighted by Gasteiger charge is 2.07. The van der Waals surface area contributed by atoms with E-state index in [0.717, 1.165) is 0 Å². The average molecular weight is 533 g/mol. The van der Waals surface area contributed by atoms with Gasteiger partial charge in [-0.2, -0.15) is 9.90 Å². The van der Waals surface area contributed by atoms with Crippen molar-refractivity contribution in [2.24, 2.45) is 0 Å². The van der Waals surface area contributed by atoms with Gasteiger partial charge in [-0.3, -0.25) is 0 Å². The molecule has 0 heterocycles. The SMILES string of the molecule is CCCCCCCCP(CCCCCCCC)CCCCCCCC.I.P. The van der Waals surface area contributed by atoms with Crippen molar-refractivity contribution in [2.45, 2.75) is 136 Å². The molecule has 0 saturated carbocycles. The third-order valence-electron chi connectivity index (χ3n) is 5.48. The van der Waals surface area contributed by atoms with Crippen LogP contribution in [-0.2, 0) is 0 Å². The van der Waals surface area contributed by atoms with Crippen LogP contribution in [0.1, 0.15) is 136 Å². The van der Waals surface area contributed by atoms with Crippen LogP contribution in [-0.4, -0.2) is 18.5 Å². The van der Waals surface area contributed by atoms with Crippen molar-refractivity contribution in [3.63, 3.8) is 0 Å². The molecule has 0 aliphatic heterocycles. The van der Waals surface area contributed by atoms with Gasteiger partial charge in [0.15, 0.2) is 0 Å². The maximum Gasteiger partial charge on any atom is -0.0326 e. The number of hydrogen-bond donors (Lipinski definition) is 0. The van der Waals surface area contributed by atoms with Crippen LogP contribution >= 0.6 is 41.8 Å². The van der Waals surface area contributed by atoms with Gasteiger partial charge in [0, 0.05) is 0 Å².